The van der Waals surface area contributed by atoms with E-state index in [1.54, 1.807) is 14.2 Å². The lowest BCUT2D eigenvalue weighted by Gasteiger charge is -2.28. The molecule has 1 aliphatic heterocycles. The molecule has 0 saturated carbocycles. The summed E-state index contributed by atoms with van der Waals surface area (Å²) in [5.41, 5.74) is 5.87. The number of aromatic nitrogens is 2. The third-order valence-electron chi connectivity index (χ3n) is 5.46. The third kappa shape index (κ3) is 4.71. The Balaban J connectivity index is 1.44. The van der Waals surface area contributed by atoms with E-state index in [0.717, 1.165) is 55.4 Å². The van der Waals surface area contributed by atoms with E-state index in [1.807, 2.05) is 24.4 Å². The fraction of sp³-hybridized carbons (Fsp3) is 0.333. The van der Waals surface area contributed by atoms with Gasteiger partial charge < -0.3 is 14.8 Å². The summed E-state index contributed by atoms with van der Waals surface area (Å²) in [5, 5.41) is 3.27. The lowest BCUT2D eigenvalue weighted by Crippen LogP contribution is -2.31. The average molecular weight is 405 g/mol. The molecule has 0 aliphatic carbocycles. The highest BCUT2D eigenvalue weighted by Gasteiger charge is 2.19. The van der Waals surface area contributed by atoms with Gasteiger partial charge in [-0.25, -0.2) is 9.97 Å². The number of methoxy groups -OCH3 is 2. The summed E-state index contributed by atoms with van der Waals surface area (Å²) in [6, 6.07) is 14.6. The molecule has 1 aliphatic rings. The summed E-state index contributed by atoms with van der Waals surface area (Å²) in [6.07, 6.45) is 3.93. The smallest absolute Gasteiger partial charge is 0.227 e. The number of ether oxygens (including phenoxy) is 2. The van der Waals surface area contributed by atoms with Gasteiger partial charge in [0, 0.05) is 61.7 Å². The minimum absolute atomic E-state index is 0.590. The van der Waals surface area contributed by atoms with E-state index in [0.29, 0.717) is 5.95 Å². The van der Waals surface area contributed by atoms with Crippen molar-refractivity contribution >= 4 is 11.6 Å². The Hall–Kier alpha value is -3.12. The van der Waals surface area contributed by atoms with Gasteiger partial charge in [-0.1, -0.05) is 31.2 Å². The van der Waals surface area contributed by atoms with E-state index in [-0.39, 0.29) is 0 Å². The van der Waals surface area contributed by atoms with Crippen LogP contribution in [0.1, 0.15) is 29.3 Å². The summed E-state index contributed by atoms with van der Waals surface area (Å²) in [6.45, 7) is 5.00. The number of nitrogens with one attached hydrogen (secondary N) is 1. The molecule has 6 nitrogen and oxygen atoms in total. The second-order valence-electron chi connectivity index (χ2n) is 7.52. The Morgan fingerprint density at radius 3 is 2.37 bits per heavy atom. The number of fused-ring (bicyclic) bond motifs is 1. The summed E-state index contributed by atoms with van der Waals surface area (Å²) in [7, 11) is 3.27. The number of rotatable bonds is 7. The molecule has 0 amide bonds. The van der Waals surface area contributed by atoms with Crippen LogP contribution in [0.3, 0.4) is 0 Å². The summed E-state index contributed by atoms with van der Waals surface area (Å²) >= 11 is 0. The molecule has 3 aromatic rings. The second-order valence-corrected chi connectivity index (χ2v) is 7.52. The number of benzene rings is 2. The average Bonchev–Trinajstić information content (AvgIpc) is 2.79. The van der Waals surface area contributed by atoms with Crippen molar-refractivity contribution in [1.82, 2.24) is 14.9 Å². The minimum Gasteiger partial charge on any atom is -0.497 e. The van der Waals surface area contributed by atoms with Gasteiger partial charge in [0.15, 0.2) is 0 Å². The van der Waals surface area contributed by atoms with Crippen molar-refractivity contribution in [2.24, 2.45) is 0 Å². The standard InChI is InChI=1S/C24H28N4O2/c1-4-17-5-7-18(8-6-17)15-28-10-9-23-19(16-28)14-25-24(27-23)26-20-11-21(29-2)13-22(12-20)30-3/h5-8,11-14H,4,9-10,15-16H2,1-3H3,(H,25,26,27). The zero-order chi connectivity index (χ0) is 20.9. The predicted molar refractivity (Wildman–Crippen MR) is 118 cm³/mol. The highest BCUT2D eigenvalue weighted by atomic mass is 16.5. The molecule has 1 aromatic heterocycles. The van der Waals surface area contributed by atoms with Gasteiger partial charge in [-0.2, -0.15) is 0 Å². The molecule has 2 heterocycles. The second kappa shape index (κ2) is 9.13. The molecule has 6 heteroatoms. The van der Waals surface area contributed by atoms with Crippen molar-refractivity contribution < 1.29 is 9.47 Å². The van der Waals surface area contributed by atoms with Gasteiger partial charge in [-0.05, 0) is 17.5 Å². The monoisotopic (exact) mass is 404 g/mol. The van der Waals surface area contributed by atoms with Gasteiger partial charge in [0.25, 0.3) is 0 Å². The lowest BCUT2D eigenvalue weighted by molar-refractivity contribution is 0.243. The van der Waals surface area contributed by atoms with Crippen LogP contribution in [0.4, 0.5) is 11.6 Å². The largest absolute Gasteiger partial charge is 0.497 e. The van der Waals surface area contributed by atoms with Crippen molar-refractivity contribution in [2.75, 3.05) is 26.1 Å². The molecule has 4 rings (SSSR count). The fourth-order valence-corrected chi connectivity index (χ4v) is 3.72. The Labute approximate surface area is 177 Å². The maximum absolute atomic E-state index is 5.33. The number of anilines is 2. The molecule has 156 valence electrons. The summed E-state index contributed by atoms with van der Waals surface area (Å²) < 4.78 is 10.7. The van der Waals surface area contributed by atoms with E-state index >= 15 is 0 Å². The quantitative estimate of drug-likeness (QED) is 0.631. The first-order valence-electron chi connectivity index (χ1n) is 10.3. The third-order valence-corrected chi connectivity index (χ3v) is 5.46. The Bertz CT molecular complexity index is 982. The Kier molecular flexibility index (Phi) is 6.14. The molecule has 0 bridgehead atoms. The van der Waals surface area contributed by atoms with Crippen molar-refractivity contribution in [2.45, 2.75) is 32.9 Å². The van der Waals surface area contributed by atoms with Gasteiger partial charge >= 0.3 is 0 Å². The van der Waals surface area contributed by atoms with Crippen LogP contribution in [0.25, 0.3) is 0 Å². The molecule has 1 N–H and O–H groups in total. The van der Waals surface area contributed by atoms with Crippen molar-refractivity contribution in [3.63, 3.8) is 0 Å². The predicted octanol–water partition coefficient (Wildman–Crippen LogP) is 4.36. The molecule has 0 spiro atoms. The molecular weight excluding hydrogens is 376 g/mol. The van der Waals surface area contributed by atoms with Crippen LogP contribution in [0, 0.1) is 0 Å². The highest BCUT2D eigenvalue weighted by molar-refractivity contribution is 5.59. The molecular formula is C24H28N4O2. The first-order chi connectivity index (χ1) is 14.7. The fourth-order valence-electron chi connectivity index (χ4n) is 3.72. The van der Waals surface area contributed by atoms with Gasteiger partial charge in [0.05, 0.1) is 19.9 Å². The van der Waals surface area contributed by atoms with Crippen molar-refractivity contribution in [3.8, 4) is 11.5 Å². The lowest BCUT2D eigenvalue weighted by atomic mass is 10.1. The normalized spacial score (nSPS) is 13.6. The molecule has 0 unspecified atom stereocenters. The van der Waals surface area contributed by atoms with E-state index in [1.165, 1.54) is 16.7 Å². The summed E-state index contributed by atoms with van der Waals surface area (Å²) in [4.78, 5) is 11.7. The van der Waals surface area contributed by atoms with E-state index in [2.05, 4.69) is 46.4 Å². The molecule has 0 radical (unpaired) electrons. The maximum Gasteiger partial charge on any atom is 0.227 e. The molecule has 0 atom stereocenters. The summed E-state index contributed by atoms with van der Waals surface area (Å²) in [5.74, 6) is 2.03. The van der Waals surface area contributed by atoms with Gasteiger partial charge in [-0.3, -0.25) is 4.90 Å². The Morgan fingerprint density at radius 2 is 1.70 bits per heavy atom. The first kappa shape index (κ1) is 20.2. The minimum atomic E-state index is 0.590. The first-order valence-corrected chi connectivity index (χ1v) is 10.3. The van der Waals surface area contributed by atoms with Crippen LogP contribution >= 0.6 is 0 Å². The van der Waals surface area contributed by atoms with Crippen LogP contribution in [0.5, 0.6) is 11.5 Å². The van der Waals surface area contributed by atoms with Crippen LogP contribution in [-0.2, 0) is 25.9 Å². The zero-order valence-electron chi connectivity index (χ0n) is 17.8. The number of aryl methyl sites for hydroxylation is 1. The van der Waals surface area contributed by atoms with Crippen LogP contribution in [0.2, 0.25) is 0 Å². The maximum atomic E-state index is 5.33. The van der Waals surface area contributed by atoms with Gasteiger partial charge in [-0.15, -0.1) is 0 Å². The van der Waals surface area contributed by atoms with Crippen LogP contribution < -0.4 is 14.8 Å². The number of nitrogens with zero attached hydrogens (tertiary/aromatic N) is 3. The molecule has 2 aromatic carbocycles. The van der Waals surface area contributed by atoms with Crippen molar-refractivity contribution in [3.05, 3.63) is 71.0 Å². The van der Waals surface area contributed by atoms with Crippen LogP contribution in [0.15, 0.2) is 48.7 Å². The molecule has 30 heavy (non-hydrogen) atoms. The highest BCUT2D eigenvalue weighted by Crippen LogP contribution is 2.28. The Morgan fingerprint density at radius 1 is 1.00 bits per heavy atom. The van der Waals surface area contributed by atoms with Crippen LogP contribution in [-0.4, -0.2) is 35.6 Å². The SMILES string of the molecule is CCc1ccc(CN2CCc3nc(Nc4cc(OC)cc(OC)c4)ncc3C2)cc1. The van der Waals surface area contributed by atoms with Crippen molar-refractivity contribution in [1.29, 1.82) is 0 Å². The topological polar surface area (TPSA) is 59.5 Å². The van der Waals surface area contributed by atoms with Gasteiger partial charge in [0.2, 0.25) is 5.95 Å². The van der Waals surface area contributed by atoms with E-state index < -0.39 is 0 Å². The molecule has 0 saturated heterocycles. The number of hydrogen-bond donors (Lipinski definition) is 1. The van der Waals surface area contributed by atoms with Gasteiger partial charge in [0.1, 0.15) is 11.5 Å². The number of hydrogen-bond acceptors (Lipinski definition) is 6. The van der Waals surface area contributed by atoms with E-state index in [4.69, 9.17) is 14.5 Å². The zero-order valence-corrected chi connectivity index (χ0v) is 17.8. The molecule has 0 fully saturated rings. The van der Waals surface area contributed by atoms with E-state index in [9.17, 15) is 0 Å².